The maximum Gasteiger partial charge on any atom is 0.257 e. The van der Waals surface area contributed by atoms with Gasteiger partial charge in [0.1, 0.15) is 0 Å². The van der Waals surface area contributed by atoms with Crippen LogP contribution in [0.15, 0.2) is 47.8 Å². The molecule has 33 heavy (non-hydrogen) atoms. The molecule has 1 fully saturated rings. The van der Waals surface area contributed by atoms with Crippen LogP contribution in [0.4, 0.5) is 21.8 Å². The highest BCUT2D eigenvalue weighted by molar-refractivity contribution is 6.34. The lowest BCUT2D eigenvalue weighted by atomic mass is 10.2. The highest BCUT2D eigenvalue weighted by Crippen LogP contribution is 2.25. The minimum absolute atomic E-state index is 0.153. The Morgan fingerprint density at radius 1 is 1.21 bits per heavy atom. The first kappa shape index (κ1) is 22.6. The second kappa shape index (κ2) is 10.3. The van der Waals surface area contributed by atoms with E-state index in [0.29, 0.717) is 48.3 Å². The molecule has 1 aliphatic heterocycles. The summed E-state index contributed by atoms with van der Waals surface area (Å²) in [6.07, 6.45) is 3.98. The number of benzene rings is 1. The van der Waals surface area contributed by atoms with Gasteiger partial charge in [0.25, 0.3) is 5.91 Å². The van der Waals surface area contributed by atoms with Crippen LogP contribution in [-0.2, 0) is 4.74 Å². The van der Waals surface area contributed by atoms with E-state index in [-0.39, 0.29) is 17.7 Å². The molecule has 0 atom stereocenters. The molecule has 3 heterocycles. The molecule has 2 N–H and O–H groups in total. The number of aromatic nitrogens is 3. The van der Waals surface area contributed by atoms with Crippen LogP contribution < -0.4 is 15.6 Å². The van der Waals surface area contributed by atoms with Gasteiger partial charge in [-0.3, -0.25) is 9.78 Å². The summed E-state index contributed by atoms with van der Waals surface area (Å²) in [4.78, 5) is 26.6. The Balaban J connectivity index is 1.38. The van der Waals surface area contributed by atoms with Gasteiger partial charge in [0.15, 0.2) is 11.6 Å². The third-order valence-corrected chi connectivity index (χ3v) is 5.22. The molecule has 1 aliphatic rings. The van der Waals surface area contributed by atoms with Gasteiger partial charge in [-0.05, 0) is 30.7 Å². The Bertz CT molecular complexity index is 1150. The number of ether oxygens (including phenoxy) is 1. The first-order valence-corrected chi connectivity index (χ1v) is 10.6. The van der Waals surface area contributed by atoms with Crippen molar-refractivity contribution in [1.29, 1.82) is 0 Å². The average molecular weight is 470 g/mol. The maximum atomic E-state index is 14.1. The monoisotopic (exact) mass is 469 g/mol. The van der Waals surface area contributed by atoms with Crippen LogP contribution in [0.2, 0.25) is 5.02 Å². The summed E-state index contributed by atoms with van der Waals surface area (Å²) in [5.74, 6) is -0.474. The third kappa shape index (κ3) is 5.60. The fraction of sp³-hybridized carbons (Fsp3) is 0.227. The molecular weight excluding hydrogens is 449 g/mol. The van der Waals surface area contributed by atoms with Gasteiger partial charge in [-0.25, -0.2) is 14.8 Å². The number of nitrogens with one attached hydrogen (secondary N) is 2. The SMILES string of the molecule is Cc1cccc(Cl)c1NC(=O)c1ccc(/C=N/Nc2ncc(F)c(N3CCOCC3)n2)nc1. The van der Waals surface area contributed by atoms with E-state index < -0.39 is 5.82 Å². The number of halogens is 2. The molecular formula is C22H21ClFN7O2. The van der Waals surface area contributed by atoms with Gasteiger partial charge in [0.2, 0.25) is 5.95 Å². The first-order chi connectivity index (χ1) is 16.0. The molecule has 0 radical (unpaired) electrons. The van der Waals surface area contributed by atoms with Gasteiger partial charge >= 0.3 is 0 Å². The molecule has 1 amide bonds. The van der Waals surface area contributed by atoms with E-state index >= 15 is 0 Å². The topological polar surface area (TPSA) is 105 Å². The van der Waals surface area contributed by atoms with E-state index in [4.69, 9.17) is 16.3 Å². The predicted molar refractivity (Wildman–Crippen MR) is 125 cm³/mol. The van der Waals surface area contributed by atoms with E-state index in [0.717, 1.165) is 11.8 Å². The Hall–Kier alpha value is -3.63. The summed E-state index contributed by atoms with van der Waals surface area (Å²) in [5, 5.41) is 7.31. The molecule has 1 aromatic carbocycles. The second-order valence-electron chi connectivity index (χ2n) is 7.19. The number of rotatable bonds is 6. The molecule has 170 valence electrons. The number of para-hydroxylation sites is 1. The van der Waals surface area contributed by atoms with Crippen molar-refractivity contribution in [2.24, 2.45) is 5.10 Å². The van der Waals surface area contributed by atoms with Gasteiger partial charge in [-0.1, -0.05) is 23.7 Å². The third-order valence-electron chi connectivity index (χ3n) is 4.91. The number of hydrogen-bond acceptors (Lipinski definition) is 8. The van der Waals surface area contributed by atoms with E-state index in [1.165, 1.54) is 12.4 Å². The highest BCUT2D eigenvalue weighted by Gasteiger charge is 2.17. The highest BCUT2D eigenvalue weighted by atomic mass is 35.5. The number of amides is 1. The molecule has 0 saturated carbocycles. The minimum Gasteiger partial charge on any atom is -0.378 e. The van der Waals surface area contributed by atoms with Gasteiger partial charge in [-0.15, -0.1) is 0 Å². The number of hydrogen-bond donors (Lipinski definition) is 2. The lowest BCUT2D eigenvalue weighted by molar-refractivity contribution is 0.102. The largest absolute Gasteiger partial charge is 0.378 e. The molecule has 4 rings (SSSR count). The normalized spacial score (nSPS) is 13.8. The van der Waals surface area contributed by atoms with E-state index in [9.17, 15) is 9.18 Å². The van der Waals surface area contributed by atoms with Crippen molar-refractivity contribution >= 4 is 41.2 Å². The molecule has 9 nitrogen and oxygen atoms in total. The molecule has 11 heteroatoms. The molecule has 0 aliphatic carbocycles. The van der Waals surface area contributed by atoms with Crippen LogP contribution in [0.25, 0.3) is 0 Å². The molecule has 0 bridgehead atoms. The quantitative estimate of drug-likeness (QED) is 0.420. The molecule has 2 aromatic heterocycles. The number of hydrazone groups is 1. The van der Waals surface area contributed by atoms with Crippen molar-refractivity contribution in [3.8, 4) is 0 Å². The average Bonchev–Trinajstić information content (AvgIpc) is 2.83. The second-order valence-corrected chi connectivity index (χ2v) is 7.60. The fourth-order valence-electron chi connectivity index (χ4n) is 3.16. The van der Waals surface area contributed by atoms with Crippen LogP contribution in [0, 0.1) is 12.7 Å². The number of nitrogens with zero attached hydrogens (tertiary/aromatic N) is 5. The van der Waals surface area contributed by atoms with Crippen LogP contribution in [0.3, 0.4) is 0 Å². The lowest BCUT2D eigenvalue weighted by Crippen LogP contribution is -2.37. The van der Waals surface area contributed by atoms with Gasteiger partial charge in [0.05, 0.1) is 47.6 Å². The van der Waals surface area contributed by atoms with Crippen molar-refractivity contribution in [2.75, 3.05) is 41.9 Å². The lowest BCUT2D eigenvalue weighted by Gasteiger charge is -2.27. The Morgan fingerprint density at radius 2 is 2.03 bits per heavy atom. The molecule has 0 spiro atoms. The number of morpholine rings is 1. The van der Waals surface area contributed by atoms with E-state index in [1.807, 2.05) is 19.1 Å². The fourth-order valence-corrected chi connectivity index (χ4v) is 3.43. The van der Waals surface area contributed by atoms with E-state index in [2.05, 4.69) is 30.8 Å². The zero-order valence-electron chi connectivity index (χ0n) is 17.8. The van der Waals surface area contributed by atoms with Gasteiger partial charge < -0.3 is 15.0 Å². The molecule has 3 aromatic rings. The Morgan fingerprint density at radius 3 is 2.76 bits per heavy atom. The van der Waals surface area contributed by atoms with Crippen LogP contribution in [0.1, 0.15) is 21.6 Å². The van der Waals surface area contributed by atoms with Crippen LogP contribution in [0.5, 0.6) is 0 Å². The summed E-state index contributed by atoms with van der Waals surface area (Å²) in [7, 11) is 0. The molecule has 1 saturated heterocycles. The van der Waals surface area contributed by atoms with Crippen molar-refractivity contribution in [2.45, 2.75) is 6.92 Å². The Kier molecular flexibility index (Phi) is 7.06. The minimum atomic E-state index is -0.506. The summed E-state index contributed by atoms with van der Waals surface area (Å²) < 4.78 is 19.4. The van der Waals surface area contributed by atoms with E-state index in [1.54, 1.807) is 23.1 Å². The van der Waals surface area contributed by atoms with Crippen molar-refractivity contribution in [1.82, 2.24) is 15.0 Å². The first-order valence-electron chi connectivity index (χ1n) is 10.2. The van der Waals surface area contributed by atoms with Crippen molar-refractivity contribution in [3.63, 3.8) is 0 Å². The summed E-state index contributed by atoms with van der Waals surface area (Å²) in [5.41, 5.74) is 4.97. The number of anilines is 3. The molecule has 0 unspecified atom stereocenters. The predicted octanol–water partition coefficient (Wildman–Crippen LogP) is 3.51. The van der Waals surface area contributed by atoms with Crippen LogP contribution >= 0.6 is 11.6 Å². The number of carbonyl (C=O) groups is 1. The summed E-state index contributed by atoms with van der Waals surface area (Å²) in [6, 6.07) is 8.66. The Labute approximate surface area is 194 Å². The summed E-state index contributed by atoms with van der Waals surface area (Å²) in [6.45, 7) is 4.00. The zero-order chi connectivity index (χ0) is 23.2. The van der Waals surface area contributed by atoms with Gasteiger partial charge in [0, 0.05) is 19.3 Å². The number of aryl methyl sites for hydroxylation is 1. The maximum absolute atomic E-state index is 14.1. The van der Waals surface area contributed by atoms with Gasteiger partial charge in [-0.2, -0.15) is 10.1 Å². The smallest absolute Gasteiger partial charge is 0.257 e. The standard InChI is InChI=1S/C22H21ClFN7O2/c1-14-3-2-4-17(23)19(14)28-21(32)15-5-6-16(25-11-15)12-27-30-22-26-13-18(24)20(29-22)31-7-9-33-10-8-31/h2-6,11-13H,7-10H2,1H3,(H,28,32)(H,26,29,30)/b27-12+. The summed E-state index contributed by atoms with van der Waals surface area (Å²) >= 11 is 6.16. The van der Waals surface area contributed by atoms with Crippen molar-refractivity contribution < 1.29 is 13.9 Å². The zero-order valence-corrected chi connectivity index (χ0v) is 18.5. The number of pyridine rings is 1. The van der Waals surface area contributed by atoms with Crippen LogP contribution in [-0.4, -0.2) is 53.4 Å². The van der Waals surface area contributed by atoms with Crippen molar-refractivity contribution in [3.05, 3.63) is 70.4 Å². The number of carbonyl (C=O) groups excluding carboxylic acids is 1.